The molecule has 3 amide bonds. The molecule has 4 heterocycles. The van der Waals surface area contributed by atoms with Crippen LogP contribution in [-0.2, 0) is 30.9 Å². The molecule has 12 nitrogen and oxygen atoms in total. The van der Waals surface area contributed by atoms with Crippen LogP contribution in [0.1, 0.15) is 70.4 Å². The van der Waals surface area contributed by atoms with Crippen molar-refractivity contribution in [1.82, 2.24) is 34.8 Å². The summed E-state index contributed by atoms with van der Waals surface area (Å²) in [5, 5.41) is 15.0. The molecule has 1 aliphatic heterocycles. The number of pyridine rings is 1. The van der Waals surface area contributed by atoms with Gasteiger partial charge in [0.05, 0.1) is 23.0 Å². The molecule has 0 saturated heterocycles. The van der Waals surface area contributed by atoms with Crippen LogP contribution in [0.5, 0.6) is 0 Å². The van der Waals surface area contributed by atoms with Gasteiger partial charge in [-0.3, -0.25) is 14.5 Å². The molecule has 0 fully saturated rings. The lowest BCUT2D eigenvalue weighted by Gasteiger charge is -2.24. The third-order valence-corrected chi connectivity index (χ3v) is 9.51. The fourth-order valence-electron chi connectivity index (χ4n) is 6.83. The van der Waals surface area contributed by atoms with Gasteiger partial charge in [-0.15, -0.1) is 0 Å². The zero-order valence-electron chi connectivity index (χ0n) is 31.2. The summed E-state index contributed by atoms with van der Waals surface area (Å²) >= 11 is 0. The first-order valence-electron chi connectivity index (χ1n) is 18.5. The van der Waals surface area contributed by atoms with Crippen LogP contribution in [0.25, 0.3) is 33.3 Å². The SMILES string of the molecule is CCCC(C)(C)OC(=O)NCCCCCCn1ncc2c(-c3cc(-c4ccc(NC(=O)N5Cc6ccncc6C5)cc4)nn(CC(F)(F)F)c3=O)cccc21. The normalized spacial score (nSPS) is 12.9. The second-order valence-electron chi connectivity index (χ2n) is 14.4. The predicted molar refractivity (Wildman–Crippen MR) is 203 cm³/mol. The molecule has 1 aliphatic rings. The Bertz CT molecular complexity index is 2170. The number of nitrogens with zero attached hydrogens (tertiary/aromatic N) is 6. The van der Waals surface area contributed by atoms with Crippen LogP contribution >= 0.6 is 0 Å². The van der Waals surface area contributed by atoms with E-state index >= 15 is 0 Å². The number of anilines is 1. The van der Waals surface area contributed by atoms with Crippen LogP contribution in [0.2, 0.25) is 0 Å². The van der Waals surface area contributed by atoms with Gasteiger partial charge < -0.3 is 20.3 Å². The lowest BCUT2D eigenvalue weighted by atomic mass is 10.0. The van der Waals surface area contributed by atoms with E-state index in [0.29, 0.717) is 53.1 Å². The third-order valence-electron chi connectivity index (χ3n) is 9.51. The minimum Gasteiger partial charge on any atom is -0.444 e. The van der Waals surface area contributed by atoms with E-state index in [1.165, 1.54) is 6.07 Å². The molecule has 2 N–H and O–H groups in total. The Balaban J connectivity index is 1.13. The molecular formula is C40H45F3N8O4. The van der Waals surface area contributed by atoms with Gasteiger partial charge in [-0.2, -0.15) is 23.4 Å². The summed E-state index contributed by atoms with van der Waals surface area (Å²) in [6.45, 7) is 6.28. The molecule has 0 spiro atoms. The number of alkyl carbamates (subject to hydrolysis) is 1. The average molecular weight is 759 g/mol. The number of rotatable bonds is 14. The quantitative estimate of drug-likeness (QED) is 0.109. The van der Waals surface area contributed by atoms with Gasteiger partial charge in [-0.1, -0.05) is 50.5 Å². The van der Waals surface area contributed by atoms with Crippen molar-refractivity contribution in [2.75, 3.05) is 11.9 Å². The van der Waals surface area contributed by atoms with Crippen LogP contribution < -0.4 is 16.2 Å². The van der Waals surface area contributed by atoms with Gasteiger partial charge in [0.1, 0.15) is 12.1 Å². The monoisotopic (exact) mass is 758 g/mol. The van der Waals surface area contributed by atoms with Crippen molar-refractivity contribution in [3.05, 3.63) is 94.7 Å². The summed E-state index contributed by atoms with van der Waals surface area (Å²) in [7, 11) is 0. The maximum Gasteiger partial charge on any atom is 0.408 e. The standard InChI is InChI=1S/C40H45F3N8O4/c1-4-17-39(2,3)55-38(54)45-18-7-5-6-8-20-50-35-11-9-10-31(33(35)23-46-50)32-21-34(48-51(36(32)52)26-40(41,42)43)27-12-14-30(15-13-27)47-37(53)49-24-28-16-19-44-22-29(28)25-49/h9-16,19,21-23H,4-8,17-18,20,24-26H2,1-3H3,(H,45,54)(H,47,53). The Morgan fingerprint density at radius 2 is 1.67 bits per heavy atom. The number of halogens is 3. The zero-order chi connectivity index (χ0) is 39.2. The highest BCUT2D eigenvalue weighted by Crippen LogP contribution is 2.30. The van der Waals surface area contributed by atoms with Crippen LogP contribution in [0.4, 0.5) is 28.4 Å². The number of urea groups is 1. The number of ether oxygens (including phenoxy) is 1. The maximum atomic E-state index is 13.7. The lowest BCUT2D eigenvalue weighted by molar-refractivity contribution is -0.143. The summed E-state index contributed by atoms with van der Waals surface area (Å²) in [6, 6.07) is 15.0. The fraction of sp³-hybridized carbons (Fsp3) is 0.400. The average Bonchev–Trinajstić information content (AvgIpc) is 3.76. The summed E-state index contributed by atoms with van der Waals surface area (Å²) in [4.78, 5) is 44.4. The van der Waals surface area contributed by atoms with Crippen molar-refractivity contribution in [1.29, 1.82) is 0 Å². The number of benzene rings is 2. The second kappa shape index (κ2) is 16.7. The minimum absolute atomic E-state index is 0.0592. The number of unbranched alkanes of at least 4 members (excludes halogenated alkanes) is 3. The number of aromatic nitrogens is 5. The molecule has 0 saturated carbocycles. The molecule has 2 aromatic carbocycles. The van der Waals surface area contributed by atoms with Crippen LogP contribution in [0.15, 0.2) is 78.0 Å². The lowest BCUT2D eigenvalue weighted by Crippen LogP contribution is -2.35. The van der Waals surface area contributed by atoms with E-state index in [2.05, 4.69) is 25.8 Å². The molecule has 15 heteroatoms. The van der Waals surface area contributed by atoms with Crippen LogP contribution in [0.3, 0.4) is 0 Å². The smallest absolute Gasteiger partial charge is 0.408 e. The van der Waals surface area contributed by atoms with Crippen molar-refractivity contribution >= 4 is 28.7 Å². The molecule has 0 bridgehead atoms. The zero-order valence-corrected chi connectivity index (χ0v) is 31.2. The largest absolute Gasteiger partial charge is 0.444 e. The van der Waals surface area contributed by atoms with E-state index in [0.717, 1.165) is 55.2 Å². The van der Waals surface area contributed by atoms with E-state index in [9.17, 15) is 27.6 Å². The number of carbonyl (C=O) groups excluding carboxylic acids is 2. The van der Waals surface area contributed by atoms with Crippen molar-refractivity contribution < 1.29 is 27.5 Å². The number of aryl methyl sites for hydroxylation is 1. The Kier molecular flexibility index (Phi) is 11.9. The van der Waals surface area contributed by atoms with Gasteiger partial charge in [0.25, 0.3) is 5.56 Å². The molecule has 55 heavy (non-hydrogen) atoms. The van der Waals surface area contributed by atoms with E-state index in [1.807, 2.05) is 37.6 Å². The van der Waals surface area contributed by atoms with Gasteiger partial charge in [0.15, 0.2) is 0 Å². The Morgan fingerprint density at radius 3 is 2.42 bits per heavy atom. The Labute approximate surface area is 316 Å². The van der Waals surface area contributed by atoms with Crippen molar-refractivity contribution in [2.45, 2.75) is 97.3 Å². The maximum absolute atomic E-state index is 13.7. The summed E-state index contributed by atoms with van der Waals surface area (Å²) in [5.41, 5.74) is 3.00. The summed E-state index contributed by atoms with van der Waals surface area (Å²) < 4.78 is 48.8. The fourth-order valence-corrected chi connectivity index (χ4v) is 6.83. The van der Waals surface area contributed by atoms with Crippen molar-refractivity contribution in [3.8, 4) is 22.4 Å². The number of fused-ring (bicyclic) bond motifs is 2. The van der Waals surface area contributed by atoms with Crippen LogP contribution in [0, 0.1) is 0 Å². The summed E-state index contributed by atoms with van der Waals surface area (Å²) in [5.74, 6) is 0. The van der Waals surface area contributed by atoms with Gasteiger partial charge in [0, 0.05) is 55.2 Å². The number of hydrogen-bond donors (Lipinski definition) is 2. The molecule has 0 atom stereocenters. The topological polar surface area (TPSA) is 136 Å². The van der Waals surface area contributed by atoms with E-state index < -0.39 is 30.0 Å². The number of hydrogen-bond acceptors (Lipinski definition) is 7. The Hall–Kier alpha value is -5.73. The highest BCUT2D eigenvalue weighted by molar-refractivity contribution is 5.95. The third kappa shape index (κ3) is 9.88. The molecule has 3 aromatic heterocycles. The molecule has 6 rings (SSSR count). The molecular weight excluding hydrogens is 713 g/mol. The second-order valence-corrected chi connectivity index (χ2v) is 14.4. The number of alkyl halides is 3. The number of nitrogens with one attached hydrogen (secondary N) is 2. The van der Waals surface area contributed by atoms with E-state index in [4.69, 9.17) is 4.74 Å². The van der Waals surface area contributed by atoms with E-state index in [1.54, 1.807) is 59.9 Å². The van der Waals surface area contributed by atoms with Gasteiger partial charge in [-0.05, 0) is 80.1 Å². The van der Waals surface area contributed by atoms with Gasteiger partial charge >= 0.3 is 18.3 Å². The van der Waals surface area contributed by atoms with E-state index in [-0.39, 0.29) is 17.3 Å². The van der Waals surface area contributed by atoms with Gasteiger partial charge in [-0.25, -0.2) is 14.3 Å². The van der Waals surface area contributed by atoms with Crippen molar-refractivity contribution in [2.24, 2.45) is 0 Å². The van der Waals surface area contributed by atoms with Crippen molar-refractivity contribution in [3.63, 3.8) is 0 Å². The molecule has 0 aliphatic carbocycles. The first-order chi connectivity index (χ1) is 26.3. The molecule has 290 valence electrons. The predicted octanol–water partition coefficient (Wildman–Crippen LogP) is 8.30. The summed E-state index contributed by atoms with van der Waals surface area (Å²) in [6.07, 6.45) is 5.06. The number of carbonyl (C=O) groups is 2. The van der Waals surface area contributed by atoms with Crippen LogP contribution in [-0.4, -0.2) is 59.9 Å². The first kappa shape index (κ1) is 39.0. The highest BCUT2D eigenvalue weighted by atomic mass is 19.4. The Morgan fingerprint density at radius 1 is 0.909 bits per heavy atom. The molecule has 0 unspecified atom stereocenters. The number of amides is 3. The van der Waals surface area contributed by atoms with Gasteiger partial charge in [0.2, 0.25) is 0 Å². The first-order valence-corrected chi connectivity index (χ1v) is 18.5. The molecule has 5 aromatic rings. The highest BCUT2D eigenvalue weighted by Gasteiger charge is 2.30. The minimum atomic E-state index is -4.69. The molecule has 0 radical (unpaired) electrons.